The number of rotatable bonds is 3. The topological polar surface area (TPSA) is 67.0 Å². The second-order valence-corrected chi connectivity index (χ2v) is 4.29. The second-order valence-electron chi connectivity index (χ2n) is 4.29. The van der Waals surface area contributed by atoms with Gasteiger partial charge in [-0.3, -0.25) is 4.79 Å². The number of aromatic nitrogens is 2. The number of fused-ring (bicyclic) bond motifs is 1. The molecular formula is C15H13N3O2. The third-order valence-corrected chi connectivity index (χ3v) is 2.95. The summed E-state index contributed by atoms with van der Waals surface area (Å²) in [5.74, 6) is 0.764. The third kappa shape index (κ3) is 2.33. The lowest BCUT2D eigenvalue weighted by Gasteiger charge is -2.04. The Morgan fingerprint density at radius 1 is 1.15 bits per heavy atom. The van der Waals surface area contributed by atoms with Crippen LogP contribution in [-0.4, -0.2) is 23.0 Å². The van der Waals surface area contributed by atoms with Gasteiger partial charge in [0.25, 0.3) is 5.91 Å². The number of carbonyl (C=O) groups excluding carboxylic acids is 1. The van der Waals surface area contributed by atoms with Crippen LogP contribution in [0.5, 0.6) is 5.75 Å². The van der Waals surface area contributed by atoms with Crippen molar-refractivity contribution in [3.05, 3.63) is 54.4 Å². The van der Waals surface area contributed by atoms with Gasteiger partial charge in [-0.15, -0.1) is 0 Å². The van der Waals surface area contributed by atoms with Crippen LogP contribution in [0.1, 0.15) is 10.6 Å². The van der Waals surface area contributed by atoms with E-state index in [2.05, 4.69) is 15.3 Å². The van der Waals surface area contributed by atoms with Gasteiger partial charge >= 0.3 is 0 Å². The first kappa shape index (κ1) is 12.2. The van der Waals surface area contributed by atoms with Crippen molar-refractivity contribution in [3.63, 3.8) is 0 Å². The molecule has 0 saturated heterocycles. The molecule has 5 nitrogen and oxygen atoms in total. The number of imidazole rings is 1. The van der Waals surface area contributed by atoms with E-state index in [1.807, 2.05) is 24.3 Å². The molecule has 5 heteroatoms. The van der Waals surface area contributed by atoms with Gasteiger partial charge in [-0.05, 0) is 36.4 Å². The first-order valence-corrected chi connectivity index (χ1v) is 6.16. The van der Waals surface area contributed by atoms with Crippen LogP contribution in [0.25, 0.3) is 11.0 Å². The molecule has 3 aromatic rings. The number of anilines is 1. The molecule has 100 valence electrons. The summed E-state index contributed by atoms with van der Waals surface area (Å²) in [6.07, 6.45) is 0. The van der Waals surface area contributed by atoms with Gasteiger partial charge in [-0.2, -0.15) is 0 Å². The zero-order valence-corrected chi connectivity index (χ0v) is 10.9. The Balaban J connectivity index is 1.81. The van der Waals surface area contributed by atoms with Gasteiger partial charge in [0.15, 0.2) is 5.82 Å². The summed E-state index contributed by atoms with van der Waals surface area (Å²) >= 11 is 0. The number of nitrogens with zero attached hydrogens (tertiary/aromatic N) is 1. The molecule has 1 aromatic heterocycles. The van der Waals surface area contributed by atoms with E-state index in [9.17, 15) is 4.79 Å². The number of hydrogen-bond donors (Lipinski definition) is 2. The molecule has 0 aliphatic carbocycles. The van der Waals surface area contributed by atoms with Gasteiger partial charge in [-0.1, -0.05) is 12.1 Å². The number of benzene rings is 2. The summed E-state index contributed by atoms with van der Waals surface area (Å²) in [5.41, 5.74) is 2.30. The normalized spacial score (nSPS) is 10.4. The van der Waals surface area contributed by atoms with Gasteiger partial charge in [0.2, 0.25) is 0 Å². The highest BCUT2D eigenvalue weighted by Gasteiger charge is 2.11. The minimum Gasteiger partial charge on any atom is -0.497 e. The zero-order chi connectivity index (χ0) is 13.9. The minimum atomic E-state index is -0.272. The number of hydrogen-bond acceptors (Lipinski definition) is 3. The molecule has 0 aliphatic rings. The molecule has 1 amide bonds. The molecule has 2 aromatic carbocycles. The predicted octanol–water partition coefficient (Wildman–Crippen LogP) is 2.82. The quantitative estimate of drug-likeness (QED) is 0.766. The smallest absolute Gasteiger partial charge is 0.291 e. The van der Waals surface area contributed by atoms with Crippen molar-refractivity contribution in [2.45, 2.75) is 0 Å². The van der Waals surface area contributed by atoms with Crippen molar-refractivity contribution in [3.8, 4) is 5.75 Å². The number of para-hydroxylation sites is 2. The number of amides is 1. The van der Waals surface area contributed by atoms with E-state index in [0.717, 1.165) is 16.8 Å². The third-order valence-electron chi connectivity index (χ3n) is 2.95. The molecule has 0 aliphatic heterocycles. The van der Waals surface area contributed by atoms with E-state index in [1.54, 1.807) is 31.4 Å². The van der Waals surface area contributed by atoms with Crippen molar-refractivity contribution in [1.82, 2.24) is 9.97 Å². The SMILES string of the molecule is COc1ccc(NC(=O)c2nc3ccccc3[nH]2)cc1. The van der Waals surface area contributed by atoms with Crippen LogP contribution in [0.2, 0.25) is 0 Å². The fourth-order valence-electron chi connectivity index (χ4n) is 1.92. The highest BCUT2D eigenvalue weighted by Crippen LogP contribution is 2.16. The van der Waals surface area contributed by atoms with Crippen LogP contribution in [0.3, 0.4) is 0 Å². The molecule has 0 fully saturated rings. The van der Waals surface area contributed by atoms with Gasteiger partial charge in [0, 0.05) is 5.69 Å². The van der Waals surface area contributed by atoms with E-state index in [-0.39, 0.29) is 5.91 Å². The highest BCUT2D eigenvalue weighted by molar-refractivity contribution is 6.03. The molecule has 2 N–H and O–H groups in total. The molecule has 0 radical (unpaired) electrons. The summed E-state index contributed by atoms with van der Waals surface area (Å²) in [4.78, 5) is 19.3. The number of methoxy groups -OCH3 is 1. The number of ether oxygens (including phenoxy) is 1. The predicted molar refractivity (Wildman–Crippen MR) is 77.0 cm³/mol. The molecule has 3 rings (SSSR count). The summed E-state index contributed by atoms with van der Waals surface area (Å²) in [6, 6.07) is 14.6. The Morgan fingerprint density at radius 2 is 1.90 bits per heavy atom. The van der Waals surface area contributed by atoms with E-state index >= 15 is 0 Å². The van der Waals surface area contributed by atoms with Crippen molar-refractivity contribution in [2.24, 2.45) is 0 Å². The van der Waals surface area contributed by atoms with E-state index in [0.29, 0.717) is 11.5 Å². The maximum atomic E-state index is 12.1. The summed E-state index contributed by atoms with van der Waals surface area (Å²) in [5, 5.41) is 2.78. The number of carbonyl (C=O) groups is 1. The van der Waals surface area contributed by atoms with Crippen LogP contribution in [-0.2, 0) is 0 Å². The van der Waals surface area contributed by atoms with Crippen molar-refractivity contribution in [2.75, 3.05) is 12.4 Å². The molecule has 0 saturated carbocycles. The van der Waals surface area contributed by atoms with Crippen molar-refractivity contribution >= 4 is 22.6 Å². The molecule has 0 bridgehead atoms. The lowest BCUT2D eigenvalue weighted by Crippen LogP contribution is -2.13. The first-order chi connectivity index (χ1) is 9.76. The van der Waals surface area contributed by atoms with Crippen LogP contribution < -0.4 is 10.1 Å². The Labute approximate surface area is 115 Å². The van der Waals surface area contributed by atoms with Crippen molar-refractivity contribution in [1.29, 1.82) is 0 Å². The fraction of sp³-hybridized carbons (Fsp3) is 0.0667. The van der Waals surface area contributed by atoms with E-state index in [1.165, 1.54) is 0 Å². The van der Waals surface area contributed by atoms with Gasteiger partial charge in [0.1, 0.15) is 5.75 Å². The zero-order valence-electron chi connectivity index (χ0n) is 10.9. The summed E-state index contributed by atoms with van der Waals surface area (Å²) in [6.45, 7) is 0. The Bertz CT molecular complexity index is 714. The van der Waals surface area contributed by atoms with Gasteiger partial charge < -0.3 is 15.0 Å². The monoisotopic (exact) mass is 267 g/mol. The Morgan fingerprint density at radius 3 is 2.60 bits per heavy atom. The summed E-state index contributed by atoms with van der Waals surface area (Å²) in [7, 11) is 1.60. The highest BCUT2D eigenvalue weighted by atomic mass is 16.5. The van der Waals surface area contributed by atoms with Crippen LogP contribution >= 0.6 is 0 Å². The minimum absolute atomic E-state index is 0.272. The van der Waals surface area contributed by atoms with Crippen LogP contribution in [0.15, 0.2) is 48.5 Å². The average molecular weight is 267 g/mol. The largest absolute Gasteiger partial charge is 0.497 e. The van der Waals surface area contributed by atoms with Gasteiger partial charge in [-0.25, -0.2) is 4.98 Å². The van der Waals surface area contributed by atoms with Crippen LogP contribution in [0, 0.1) is 0 Å². The maximum absolute atomic E-state index is 12.1. The lowest BCUT2D eigenvalue weighted by molar-refractivity contribution is 0.101. The van der Waals surface area contributed by atoms with Crippen molar-refractivity contribution < 1.29 is 9.53 Å². The second kappa shape index (κ2) is 5.05. The molecule has 0 spiro atoms. The first-order valence-electron chi connectivity index (χ1n) is 6.16. The Kier molecular flexibility index (Phi) is 3.09. The summed E-state index contributed by atoms with van der Waals surface area (Å²) < 4.78 is 5.07. The van der Waals surface area contributed by atoms with Gasteiger partial charge in [0.05, 0.1) is 18.1 Å². The number of nitrogens with one attached hydrogen (secondary N) is 2. The Hall–Kier alpha value is -2.82. The van der Waals surface area contributed by atoms with Crippen LogP contribution in [0.4, 0.5) is 5.69 Å². The molecule has 20 heavy (non-hydrogen) atoms. The number of aromatic amines is 1. The van der Waals surface area contributed by atoms with E-state index < -0.39 is 0 Å². The fourth-order valence-corrected chi connectivity index (χ4v) is 1.92. The molecule has 1 heterocycles. The standard InChI is InChI=1S/C15H13N3O2/c1-20-11-8-6-10(7-9-11)16-15(19)14-17-12-4-2-3-5-13(12)18-14/h2-9H,1H3,(H,16,19)(H,17,18). The van der Waals surface area contributed by atoms with E-state index in [4.69, 9.17) is 4.74 Å². The molecular weight excluding hydrogens is 254 g/mol. The average Bonchev–Trinajstić information content (AvgIpc) is 2.92. The number of H-pyrrole nitrogens is 1. The molecule has 0 atom stereocenters. The maximum Gasteiger partial charge on any atom is 0.291 e. The molecule has 0 unspecified atom stereocenters. The lowest BCUT2D eigenvalue weighted by atomic mass is 10.3.